The fourth-order valence-corrected chi connectivity index (χ4v) is 4.20. The van der Waals surface area contributed by atoms with Gasteiger partial charge in [-0.25, -0.2) is 0 Å². The van der Waals surface area contributed by atoms with Crippen LogP contribution < -0.4 is 9.47 Å². The van der Waals surface area contributed by atoms with Gasteiger partial charge in [-0.15, -0.1) is 0 Å². The van der Waals surface area contributed by atoms with E-state index in [1.807, 2.05) is 0 Å². The number of phenolic OH excluding ortho intramolecular Hbond substituents is 3. The summed E-state index contributed by atoms with van der Waals surface area (Å²) in [5.74, 6) is -5.09. The highest BCUT2D eigenvalue weighted by atomic mass is 16.7. The maximum atomic E-state index is 12.9. The molecule has 0 bridgehead atoms. The lowest BCUT2D eigenvalue weighted by Gasteiger charge is -2.42. The van der Waals surface area contributed by atoms with Crippen molar-refractivity contribution in [1.82, 2.24) is 0 Å². The Morgan fingerprint density at radius 1 is 0.927 bits per heavy atom. The number of phenols is 3. The van der Waals surface area contributed by atoms with E-state index >= 15 is 0 Å². The Morgan fingerprint density at radius 3 is 2.24 bits per heavy atom. The van der Waals surface area contributed by atoms with Crippen LogP contribution in [0.25, 0.3) is 6.08 Å². The van der Waals surface area contributed by atoms with Crippen molar-refractivity contribution in [2.75, 3.05) is 6.61 Å². The second kappa shape index (κ2) is 11.7. The van der Waals surface area contributed by atoms with Crippen LogP contribution in [0.4, 0.5) is 0 Å². The van der Waals surface area contributed by atoms with Gasteiger partial charge in [0.15, 0.2) is 41.0 Å². The summed E-state index contributed by atoms with van der Waals surface area (Å²) in [7, 11) is 0. The van der Waals surface area contributed by atoms with Crippen LogP contribution in [0.1, 0.15) is 36.7 Å². The molecule has 0 saturated carbocycles. The third kappa shape index (κ3) is 6.34. The van der Waals surface area contributed by atoms with E-state index in [2.05, 4.69) is 0 Å². The number of aliphatic hydroxyl groups excluding tert-OH is 1. The lowest BCUT2D eigenvalue weighted by Crippen LogP contribution is -2.62. The summed E-state index contributed by atoms with van der Waals surface area (Å²) in [6.07, 6.45) is -6.28. The molecule has 0 aromatic heterocycles. The zero-order valence-electron chi connectivity index (χ0n) is 21.9. The van der Waals surface area contributed by atoms with E-state index in [9.17, 15) is 39.6 Å². The Kier molecular flexibility index (Phi) is 8.35. The number of ketones is 1. The number of carbonyl (C=O) groups is 4. The predicted octanol–water partition coefficient (Wildman–Crippen LogP) is 1.31. The molecular weight excluding hydrogens is 548 g/mol. The minimum Gasteiger partial charge on any atom is -0.504 e. The highest BCUT2D eigenvalue weighted by Crippen LogP contribution is 2.46. The van der Waals surface area contributed by atoms with Crippen molar-refractivity contribution in [3.63, 3.8) is 0 Å². The molecule has 2 aromatic carbocycles. The fourth-order valence-electron chi connectivity index (χ4n) is 4.20. The van der Waals surface area contributed by atoms with Crippen molar-refractivity contribution < 1.29 is 68.0 Å². The van der Waals surface area contributed by atoms with Gasteiger partial charge in [0.1, 0.15) is 18.8 Å². The number of allylic oxidation sites excluding steroid dienone is 1. The Labute approximate surface area is 232 Å². The topological polar surface area (TPSA) is 205 Å². The number of fused-ring (bicyclic) bond motifs is 1. The zero-order valence-corrected chi connectivity index (χ0v) is 21.9. The number of Topliss-reactive ketones (excluding diaryl/α,β-unsaturated/α-hetero) is 1. The largest absolute Gasteiger partial charge is 0.504 e. The Bertz CT molecular complexity index is 1410. The molecule has 5 unspecified atom stereocenters. The van der Waals surface area contributed by atoms with Crippen molar-refractivity contribution in [1.29, 1.82) is 0 Å². The normalized spacial score (nSPS) is 24.2. The van der Waals surface area contributed by atoms with Crippen LogP contribution in [-0.2, 0) is 33.3 Å². The van der Waals surface area contributed by atoms with Crippen molar-refractivity contribution in [3.05, 3.63) is 47.2 Å². The van der Waals surface area contributed by atoms with E-state index in [1.165, 1.54) is 36.4 Å². The first-order valence-corrected chi connectivity index (χ1v) is 12.2. The van der Waals surface area contributed by atoms with Gasteiger partial charge in [0, 0.05) is 20.8 Å². The molecule has 1 fully saturated rings. The maximum Gasteiger partial charge on any atom is 0.303 e. The average Bonchev–Trinajstić information content (AvgIpc) is 3.21. The van der Waals surface area contributed by atoms with Crippen LogP contribution in [0.15, 0.2) is 36.1 Å². The average molecular weight is 574 g/mol. The molecule has 218 valence electrons. The number of carbonyl (C=O) groups excluding carboxylic acids is 4. The predicted molar refractivity (Wildman–Crippen MR) is 134 cm³/mol. The number of hydrogen-bond acceptors (Lipinski definition) is 14. The first-order valence-electron chi connectivity index (χ1n) is 12.2. The van der Waals surface area contributed by atoms with Gasteiger partial charge in [-0.2, -0.15) is 0 Å². The van der Waals surface area contributed by atoms with Gasteiger partial charge in [-0.05, 0) is 35.9 Å². The van der Waals surface area contributed by atoms with Crippen LogP contribution >= 0.6 is 0 Å². The summed E-state index contributed by atoms with van der Waals surface area (Å²) in [5.41, 5.74) is 0.301. The van der Waals surface area contributed by atoms with Crippen LogP contribution in [-0.4, -0.2) is 81.4 Å². The van der Waals surface area contributed by atoms with E-state index in [-0.39, 0.29) is 28.6 Å². The second-order valence-corrected chi connectivity index (χ2v) is 9.08. The Morgan fingerprint density at radius 2 is 1.61 bits per heavy atom. The third-order valence-electron chi connectivity index (χ3n) is 5.99. The minimum atomic E-state index is -1.70. The minimum absolute atomic E-state index is 0.0205. The molecule has 14 nitrogen and oxygen atoms in total. The maximum absolute atomic E-state index is 12.9. The summed E-state index contributed by atoms with van der Waals surface area (Å²) in [4.78, 5) is 47.7. The molecule has 14 heteroatoms. The van der Waals surface area contributed by atoms with E-state index in [0.29, 0.717) is 5.56 Å². The molecule has 4 rings (SSSR count). The summed E-state index contributed by atoms with van der Waals surface area (Å²) < 4.78 is 32.3. The van der Waals surface area contributed by atoms with Gasteiger partial charge >= 0.3 is 17.9 Å². The lowest BCUT2D eigenvalue weighted by molar-refractivity contribution is -0.285. The number of benzene rings is 2. The molecule has 0 radical (unpaired) electrons. The van der Waals surface area contributed by atoms with Gasteiger partial charge in [0.25, 0.3) is 0 Å². The quantitative estimate of drug-likeness (QED) is 0.159. The van der Waals surface area contributed by atoms with Crippen molar-refractivity contribution in [2.45, 2.75) is 51.5 Å². The van der Waals surface area contributed by atoms with Crippen LogP contribution in [0.2, 0.25) is 0 Å². The van der Waals surface area contributed by atoms with E-state index in [1.54, 1.807) is 0 Å². The van der Waals surface area contributed by atoms with Gasteiger partial charge in [0.2, 0.25) is 17.8 Å². The van der Waals surface area contributed by atoms with Gasteiger partial charge in [-0.3, -0.25) is 19.2 Å². The van der Waals surface area contributed by atoms with Crippen molar-refractivity contribution >= 4 is 29.8 Å². The summed E-state index contributed by atoms with van der Waals surface area (Å²) in [6.45, 7) is 2.80. The molecule has 2 aromatic rings. The molecule has 2 aliphatic rings. The highest BCUT2D eigenvalue weighted by Gasteiger charge is 2.51. The van der Waals surface area contributed by atoms with Crippen LogP contribution in [0.3, 0.4) is 0 Å². The number of rotatable bonds is 7. The summed E-state index contributed by atoms with van der Waals surface area (Å²) in [5, 5.41) is 41.1. The molecule has 1 saturated heterocycles. The molecule has 41 heavy (non-hydrogen) atoms. The van der Waals surface area contributed by atoms with Crippen molar-refractivity contribution in [2.24, 2.45) is 0 Å². The second-order valence-electron chi connectivity index (χ2n) is 9.08. The third-order valence-corrected chi connectivity index (χ3v) is 5.99. The monoisotopic (exact) mass is 574 g/mol. The molecular formula is C27H26O14. The SMILES string of the molecule is CC(=O)OCC1OC(Oc2ccc3c(c2O)OC(=Cc2ccc(O)c(O)c2)C3=O)C(OC(C)=O)C(O)C1OC(C)=O. The van der Waals surface area contributed by atoms with Gasteiger partial charge in [0.05, 0.1) is 5.56 Å². The van der Waals surface area contributed by atoms with Crippen LogP contribution in [0, 0.1) is 0 Å². The summed E-state index contributed by atoms with van der Waals surface area (Å²) in [6, 6.07) is 6.35. The fraction of sp³-hybridized carbons (Fsp3) is 0.333. The number of ether oxygens (including phenoxy) is 6. The standard InChI is InChI=1S/C27H26O14/c1-11(28)36-10-20-25(37-12(2)29)23(35)26(38-13(3)30)27(41-20)40-18-7-5-15-21(33)19(39-24(15)22(18)34)9-14-4-6-16(31)17(32)8-14/h4-9,20,23,25-27,31-32,34-35H,10H2,1-3H3. The molecule has 2 aliphatic heterocycles. The number of aromatic hydroxyl groups is 3. The molecule has 5 atom stereocenters. The van der Waals surface area contributed by atoms with E-state index in [4.69, 9.17) is 28.4 Å². The Balaban J connectivity index is 1.63. The van der Waals surface area contributed by atoms with Crippen molar-refractivity contribution in [3.8, 4) is 28.7 Å². The first-order chi connectivity index (χ1) is 19.3. The first kappa shape index (κ1) is 29.2. The smallest absolute Gasteiger partial charge is 0.303 e. The lowest BCUT2D eigenvalue weighted by atomic mass is 9.98. The zero-order chi connectivity index (χ0) is 30.0. The Hall–Kier alpha value is -4.82. The van der Waals surface area contributed by atoms with E-state index < -0.39 is 72.5 Å². The molecule has 4 N–H and O–H groups in total. The number of aliphatic hydroxyl groups is 1. The van der Waals surface area contributed by atoms with E-state index in [0.717, 1.165) is 20.8 Å². The highest BCUT2D eigenvalue weighted by molar-refractivity contribution is 6.15. The molecule has 0 aliphatic carbocycles. The number of esters is 3. The summed E-state index contributed by atoms with van der Waals surface area (Å²) >= 11 is 0. The molecule has 0 amide bonds. The van der Waals surface area contributed by atoms with Gasteiger partial charge in [-0.1, -0.05) is 6.07 Å². The molecule has 2 heterocycles. The molecule has 0 spiro atoms. The number of hydrogen-bond donors (Lipinski definition) is 4. The van der Waals surface area contributed by atoms with Gasteiger partial charge < -0.3 is 48.8 Å². The van der Waals surface area contributed by atoms with Crippen LogP contribution in [0.5, 0.6) is 28.7 Å².